The van der Waals surface area contributed by atoms with Crippen molar-refractivity contribution in [2.75, 3.05) is 0 Å². The van der Waals surface area contributed by atoms with Crippen LogP contribution in [-0.2, 0) is 0 Å². The van der Waals surface area contributed by atoms with E-state index >= 15 is 0 Å². The Kier molecular flexibility index (Phi) is 7.60. The maximum atomic E-state index is 11.0. The molecule has 0 fully saturated rings. The molecule has 1 aliphatic carbocycles. The van der Waals surface area contributed by atoms with Crippen molar-refractivity contribution < 1.29 is 15.3 Å². The van der Waals surface area contributed by atoms with E-state index in [1.54, 1.807) is 30.3 Å². The van der Waals surface area contributed by atoms with Gasteiger partial charge in [0, 0.05) is 17.4 Å². The predicted octanol–water partition coefficient (Wildman–Crippen LogP) is 8.21. The minimum atomic E-state index is -0.0807. The van der Waals surface area contributed by atoms with Crippen LogP contribution < -0.4 is 0 Å². The Morgan fingerprint density at radius 3 is 1.92 bits per heavy atom. The summed E-state index contributed by atoms with van der Waals surface area (Å²) in [6.45, 7) is 6.08. The average Bonchev–Trinajstić information content (AvgIpc) is 3.37. The summed E-state index contributed by atoms with van der Waals surface area (Å²) in [7, 11) is 0. The molecular formula is C33H32O3. The SMILES string of the molecule is CC.Cc1cccc(C(c2cc(-c3ccc(O)cc3)ccc2O)C2C=CC(c3ccc(O)cc3)=C2)c1. The van der Waals surface area contributed by atoms with Gasteiger partial charge in [-0.25, -0.2) is 0 Å². The Labute approximate surface area is 213 Å². The summed E-state index contributed by atoms with van der Waals surface area (Å²) in [5.41, 5.74) is 7.25. The van der Waals surface area contributed by atoms with Crippen molar-refractivity contribution in [2.24, 2.45) is 5.92 Å². The van der Waals surface area contributed by atoms with Crippen molar-refractivity contribution in [3.8, 4) is 28.4 Å². The third-order valence-corrected chi connectivity index (χ3v) is 6.42. The molecule has 4 aromatic carbocycles. The summed E-state index contributed by atoms with van der Waals surface area (Å²) in [5.74, 6) is 0.697. The smallest absolute Gasteiger partial charge is 0.119 e. The number of allylic oxidation sites excluding steroid dienone is 4. The van der Waals surface area contributed by atoms with Gasteiger partial charge in [-0.05, 0) is 71.1 Å². The highest BCUT2D eigenvalue weighted by Gasteiger charge is 2.27. The number of aromatic hydroxyl groups is 3. The molecule has 1 aliphatic rings. The van der Waals surface area contributed by atoms with Gasteiger partial charge in [0.1, 0.15) is 17.2 Å². The van der Waals surface area contributed by atoms with Crippen molar-refractivity contribution in [2.45, 2.75) is 26.7 Å². The van der Waals surface area contributed by atoms with Crippen molar-refractivity contribution in [1.82, 2.24) is 0 Å². The lowest BCUT2D eigenvalue weighted by molar-refractivity contribution is 0.461. The van der Waals surface area contributed by atoms with Crippen LogP contribution >= 0.6 is 0 Å². The third-order valence-electron chi connectivity index (χ3n) is 6.42. The first kappa shape index (κ1) is 24.9. The molecule has 3 heteroatoms. The van der Waals surface area contributed by atoms with Gasteiger partial charge in [0.15, 0.2) is 0 Å². The van der Waals surface area contributed by atoms with Gasteiger partial charge in [-0.3, -0.25) is 0 Å². The van der Waals surface area contributed by atoms with Gasteiger partial charge >= 0.3 is 0 Å². The maximum Gasteiger partial charge on any atom is 0.119 e. The molecule has 0 bridgehead atoms. The van der Waals surface area contributed by atoms with Crippen LogP contribution in [-0.4, -0.2) is 15.3 Å². The van der Waals surface area contributed by atoms with Gasteiger partial charge < -0.3 is 15.3 Å². The summed E-state index contributed by atoms with van der Waals surface area (Å²) >= 11 is 0. The number of benzene rings is 4. The number of phenols is 3. The molecule has 0 saturated heterocycles. The summed E-state index contributed by atoms with van der Waals surface area (Å²) in [5, 5.41) is 30.3. The highest BCUT2D eigenvalue weighted by atomic mass is 16.3. The number of rotatable bonds is 5. The van der Waals surface area contributed by atoms with Crippen molar-refractivity contribution in [3.05, 3.63) is 131 Å². The fourth-order valence-electron chi connectivity index (χ4n) is 4.70. The lowest BCUT2D eigenvalue weighted by Gasteiger charge is -2.24. The molecule has 0 radical (unpaired) electrons. The van der Waals surface area contributed by atoms with E-state index in [0.717, 1.165) is 33.4 Å². The highest BCUT2D eigenvalue weighted by molar-refractivity contribution is 5.78. The number of aryl methyl sites for hydroxylation is 1. The Hall–Kier alpha value is -4.24. The molecular weight excluding hydrogens is 444 g/mol. The lowest BCUT2D eigenvalue weighted by atomic mass is 9.79. The van der Waals surface area contributed by atoms with Crippen LogP contribution in [0.4, 0.5) is 0 Å². The standard InChI is InChI=1S/C31H26O3.C2H6/c1-20-3-2-4-25(17-20)31(26-6-5-23(18-26)21-7-12-27(32)13-8-21)29-19-24(11-16-30(29)34)22-9-14-28(33)15-10-22;1-2/h2-19,26,31-34H,1H3;1-2H3. The topological polar surface area (TPSA) is 60.7 Å². The first-order valence-corrected chi connectivity index (χ1v) is 12.4. The fourth-order valence-corrected chi connectivity index (χ4v) is 4.70. The van der Waals surface area contributed by atoms with Crippen LogP contribution in [0.25, 0.3) is 16.7 Å². The molecule has 3 nitrogen and oxygen atoms in total. The Balaban J connectivity index is 0.00000148. The monoisotopic (exact) mass is 476 g/mol. The lowest BCUT2D eigenvalue weighted by Crippen LogP contribution is -2.10. The van der Waals surface area contributed by atoms with Crippen LogP contribution in [0.2, 0.25) is 0 Å². The molecule has 5 rings (SSSR count). The quantitative estimate of drug-likeness (QED) is 0.272. The molecule has 0 amide bonds. The van der Waals surface area contributed by atoms with Crippen LogP contribution in [0.15, 0.2) is 109 Å². The molecule has 0 heterocycles. The molecule has 36 heavy (non-hydrogen) atoms. The minimum absolute atomic E-state index is 0.0478. The summed E-state index contributed by atoms with van der Waals surface area (Å²) in [6.07, 6.45) is 6.52. The molecule has 4 aromatic rings. The molecule has 0 spiro atoms. The van der Waals surface area contributed by atoms with Gasteiger partial charge in [0.25, 0.3) is 0 Å². The van der Waals surface area contributed by atoms with Crippen molar-refractivity contribution in [3.63, 3.8) is 0 Å². The first-order valence-electron chi connectivity index (χ1n) is 12.4. The van der Waals surface area contributed by atoms with Gasteiger partial charge in [-0.1, -0.05) is 92.2 Å². The predicted molar refractivity (Wildman–Crippen MR) is 148 cm³/mol. The molecule has 2 unspecified atom stereocenters. The van der Waals surface area contributed by atoms with Gasteiger partial charge in [-0.2, -0.15) is 0 Å². The van der Waals surface area contributed by atoms with Crippen LogP contribution in [0.3, 0.4) is 0 Å². The minimum Gasteiger partial charge on any atom is -0.508 e. The summed E-state index contributed by atoms with van der Waals surface area (Å²) < 4.78 is 0. The zero-order chi connectivity index (χ0) is 25.7. The largest absolute Gasteiger partial charge is 0.508 e. The van der Waals surface area contributed by atoms with E-state index < -0.39 is 0 Å². The van der Waals surface area contributed by atoms with E-state index in [2.05, 4.69) is 55.5 Å². The summed E-state index contributed by atoms with van der Waals surface area (Å²) in [4.78, 5) is 0. The Morgan fingerprint density at radius 2 is 1.28 bits per heavy atom. The highest BCUT2D eigenvalue weighted by Crippen LogP contribution is 2.43. The third kappa shape index (κ3) is 5.36. The zero-order valence-corrected chi connectivity index (χ0v) is 20.9. The van der Waals surface area contributed by atoms with Crippen molar-refractivity contribution >= 4 is 5.57 Å². The van der Waals surface area contributed by atoms with Gasteiger partial charge in [0.2, 0.25) is 0 Å². The second-order valence-corrected chi connectivity index (χ2v) is 8.82. The Bertz CT molecular complexity index is 1380. The fraction of sp³-hybridized carbons (Fsp3) is 0.152. The molecule has 0 aromatic heterocycles. The average molecular weight is 477 g/mol. The van der Waals surface area contributed by atoms with Crippen LogP contribution in [0.5, 0.6) is 17.2 Å². The maximum absolute atomic E-state index is 11.0. The van der Waals surface area contributed by atoms with Crippen molar-refractivity contribution in [1.29, 1.82) is 0 Å². The van der Waals surface area contributed by atoms with Crippen LogP contribution in [0, 0.1) is 12.8 Å². The van der Waals surface area contributed by atoms with Crippen LogP contribution in [0.1, 0.15) is 42.0 Å². The zero-order valence-electron chi connectivity index (χ0n) is 20.9. The Morgan fingerprint density at radius 1 is 0.667 bits per heavy atom. The molecule has 182 valence electrons. The molecule has 2 atom stereocenters. The molecule has 0 saturated carbocycles. The number of phenolic OH excluding ortho intramolecular Hbond substituents is 3. The van der Waals surface area contributed by atoms with E-state index in [-0.39, 0.29) is 29.1 Å². The van der Waals surface area contributed by atoms with E-state index in [1.165, 1.54) is 5.56 Å². The number of hydrogen-bond acceptors (Lipinski definition) is 3. The van der Waals surface area contributed by atoms with E-state index in [4.69, 9.17) is 0 Å². The normalized spacial score (nSPS) is 15.1. The van der Waals surface area contributed by atoms with E-state index in [9.17, 15) is 15.3 Å². The second-order valence-electron chi connectivity index (χ2n) is 8.82. The summed E-state index contributed by atoms with van der Waals surface area (Å²) in [6, 6.07) is 28.5. The number of hydrogen-bond donors (Lipinski definition) is 3. The van der Waals surface area contributed by atoms with E-state index in [0.29, 0.717) is 0 Å². The second kappa shape index (κ2) is 11.0. The first-order chi connectivity index (χ1) is 17.5. The van der Waals surface area contributed by atoms with Gasteiger partial charge in [-0.15, -0.1) is 0 Å². The van der Waals surface area contributed by atoms with Gasteiger partial charge in [0.05, 0.1) is 0 Å². The molecule has 0 aliphatic heterocycles. The molecule has 3 N–H and O–H groups in total. The van der Waals surface area contributed by atoms with E-state index in [1.807, 2.05) is 44.2 Å².